The summed E-state index contributed by atoms with van der Waals surface area (Å²) in [7, 11) is 0. The van der Waals surface area contributed by atoms with Crippen molar-refractivity contribution in [3.63, 3.8) is 0 Å². The van der Waals surface area contributed by atoms with Crippen molar-refractivity contribution in [3.05, 3.63) is 38.4 Å². The molecule has 0 atom stereocenters. The first-order chi connectivity index (χ1) is 8.21. The smallest absolute Gasteiger partial charge is 0.258 e. The number of hydrogen-bond acceptors (Lipinski definition) is 2. The van der Waals surface area contributed by atoms with Crippen LogP contribution < -0.4 is 0 Å². The Kier molecular flexibility index (Phi) is 1.64. The molecule has 3 heteroatoms. The van der Waals surface area contributed by atoms with Gasteiger partial charge in [0, 0.05) is 16.5 Å². The van der Waals surface area contributed by atoms with E-state index in [2.05, 4.69) is 6.07 Å². The van der Waals surface area contributed by atoms with Gasteiger partial charge in [-0.1, -0.05) is 6.07 Å². The molecule has 0 aromatic heterocycles. The van der Waals surface area contributed by atoms with Gasteiger partial charge in [0.05, 0.1) is 4.92 Å². The maximum Gasteiger partial charge on any atom is 0.276 e. The van der Waals surface area contributed by atoms with Gasteiger partial charge in [0.2, 0.25) is 0 Å². The van der Waals surface area contributed by atoms with Crippen molar-refractivity contribution in [2.75, 3.05) is 0 Å². The molecule has 0 heterocycles. The topological polar surface area (TPSA) is 43.1 Å². The number of nitro groups is 1. The lowest BCUT2D eigenvalue weighted by molar-refractivity contribution is -0.386. The zero-order valence-corrected chi connectivity index (χ0v) is 9.79. The van der Waals surface area contributed by atoms with Gasteiger partial charge in [-0.05, 0) is 56.1 Å². The normalized spacial score (nSPS) is 22.6. The summed E-state index contributed by atoms with van der Waals surface area (Å²) in [4.78, 5) is 11.3. The van der Waals surface area contributed by atoms with Gasteiger partial charge in [0.15, 0.2) is 0 Å². The predicted octanol–water partition coefficient (Wildman–Crippen LogP) is 3.06. The Hall–Kier alpha value is -1.38. The molecule has 1 aromatic rings. The molecule has 1 aromatic carbocycles. The number of aryl methyl sites for hydroxylation is 2. The summed E-state index contributed by atoms with van der Waals surface area (Å²) in [6.07, 6.45) is 7.58. The Bertz CT molecular complexity index is 544. The van der Waals surface area contributed by atoms with Crippen molar-refractivity contribution < 1.29 is 4.92 Å². The van der Waals surface area contributed by atoms with Gasteiger partial charge in [-0.15, -0.1) is 0 Å². The first-order valence-electron chi connectivity index (χ1n) is 6.54. The second-order valence-electron chi connectivity index (χ2n) is 5.79. The maximum absolute atomic E-state index is 11.4. The van der Waals surface area contributed by atoms with Crippen LogP contribution in [0.5, 0.6) is 0 Å². The van der Waals surface area contributed by atoms with Gasteiger partial charge in [-0.25, -0.2) is 0 Å². The predicted molar refractivity (Wildman–Crippen MR) is 64.4 cm³/mol. The summed E-state index contributed by atoms with van der Waals surface area (Å²) in [6.45, 7) is 0. The number of nitrogens with zero attached hydrogens (tertiary/aromatic N) is 1. The van der Waals surface area contributed by atoms with E-state index in [0.29, 0.717) is 5.69 Å². The molecule has 17 heavy (non-hydrogen) atoms. The molecule has 0 unspecified atom stereocenters. The van der Waals surface area contributed by atoms with Gasteiger partial charge in [0.25, 0.3) is 5.69 Å². The lowest BCUT2D eigenvalue weighted by Crippen LogP contribution is -2.07. The van der Waals surface area contributed by atoms with E-state index in [1.165, 1.54) is 24.0 Å². The Morgan fingerprint density at radius 1 is 1.12 bits per heavy atom. The van der Waals surface area contributed by atoms with E-state index in [1.807, 2.05) is 0 Å². The van der Waals surface area contributed by atoms with Crippen LogP contribution in [0.2, 0.25) is 0 Å². The maximum atomic E-state index is 11.4. The summed E-state index contributed by atoms with van der Waals surface area (Å²) in [5.41, 5.74) is 5.45. The lowest BCUT2D eigenvalue weighted by atomic mass is 9.92. The molecular formula is C14H15NO2. The highest BCUT2D eigenvalue weighted by Gasteiger charge is 2.53. The first kappa shape index (κ1) is 9.63. The molecule has 4 rings (SSSR count). The molecule has 88 valence electrons. The zero-order chi connectivity index (χ0) is 11.6. The van der Waals surface area contributed by atoms with Crippen LogP contribution in [-0.4, -0.2) is 4.92 Å². The molecule has 3 nitrogen and oxygen atoms in total. The van der Waals surface area contributed by atoms with E-state index in [4.69, 9.17) is 0 Å². The standard InChI is InChI=1S/C14H15NO2/c16-15(17)13-11-3-1-2-9(11)8-10-4-5-14(6-7-14)12(10)13/h8H,1-7H2. The van der Waals surface area contributed by atoms with Crippen LogP contribution in [0.4, 0.5) is 5.69 Å². The fourth-order valence-electron chi connectivity index (χ4n) is 3.92. The molecule has 1 spiro atoms. The Labute approximate surface area is 100.0 Å². The minimum Gasteiger partial charge on any atom is -0.258 e. The molecule has 0 N–H and O–H groups in total. The van der Waals surface area contributed by atoms with Crippen LogP contribution in [0.3, 0.4) is 0 Å². The van der Waals surface area contributed by atoms with Crippen LogP contribution in [0.1, 0.15) is 47.9 Å². The SMILES string of the molecule is O=[N+]([O-])c1c2c(cc3c1C1(CC3)CC1)CCC2. The minimum atomic E-state index is -0.103. The Morgan fingerprint density at radius 3 is 2.65 bits per heavy atom. The third-order valence-electron chi connectivity index (χ3n) is 4.89. The highest BCUT2D eigenvalue weighted by Crippen LogP contribution is 2.60. The number of rotatable bonds is 1. The van der Waals surface area contributed by atoms with Gasteiger partial charge in [-0.3, -0.25) is 10.1 Å². The van der Waals surface area contributed by atoms with Crippen molar-refractivity contribution in [2.24, 2.45) is 0 Å². The van der Waals surface area contributed by atoms with E-state index >= 15 is 0 Å². The molecule has 1 saturated carbocycles. The van der Waals surface area contributed by atoms with Gasteiger partial charge < -0.3 is 0 Å². The second kappa shape index (κ2) is 2.89. The molecule has 0 radical (unpaired) electrons. The van der Waals surface area contributed by atoms with Gasteiger partial charge in [-0.2, -0.15) is 0 Å². The molecule has 0 amide bonds. The zero-order valence-electron chi connectivity index (χ0n) is 9.79. The van der Waals surface area contributed by atoms with Crippen molar-refractivity contribution in [2.45, 2.75) is 50.4 Å². The highest BCUT2D eigenvalue weighted by molar-refractivity contribution is 5.63. The van der Waals surface area contributed by atoms with E-state index in [9.17, 15) is 10.1 Å². The minimum absolute atomic E-state index is 0.103. The van der Waals surface area contributed by atoms with Crippen molar-refractivity contribution in [1.29, 1.82) is 0 Å². The average Bonchev–Trinajstić information content (AvgIpc) is 2.78. The van der Waals surface area contributed by atoms with Crippen molar-refractivity contribution in [1.82, 2.24) is 0 Å². The summed E-state index contributed by atoms with van der Waals surface area (Å²) in [5, 5.41) is 11.4. The first-order valence-corrected chi connectivity index (χ1v) is 6.54. The van der Waals surface area contributed by atoms with Crippen LogP contribution in [0.15, 0.2) is 6.07 Å². The van der Waals surface area contributed by atoms with E-state index in [-0.39, 0.29) is 10.3 Å². The molecule has 0 saturated heterocycles. The number of hydrogen-bond donors (Lipinski definition) is 0. The number of fused-ring (bicyclic) bond motifs is 3. The average molecular weight is 229 g/mol. The monoisotopic (exact) mass is 229 g/mol. The summed E-state index contributed by atoms with van der Waals surface area (Å²) < 4.78 is 0. The number of nitro benzene ring substituents is 1. The van der Waals surface area contributed by atoms with E-state index in [0.717, 1.165) is 43.2 Å². The van der Waals surface area contributed by atoms with Gasteiger partial charge >= 0.3 is 0 Å². The molecule has 3 aliphatic rings. The second-order valence-corrected chi connectivity index (χ2v) is 5.79. The third kappa shape index (κ3) is 1.12. The fraction of sp³-hybridized carbons (Fsp3) is 0.571. The number of benzene rings is 1. The summed E-state index contributed by atoms with van der Waals surface area (Å²) in [5.74, 6) is 0. The van der Waals surface area contributed by atoms with Crippen molar-refractivity contribution >= 4 is 5.69 Å². The Balaban J connectivity index is 2.05. The van der Waals surface area contributed by atoms with Crippen LogP contribution in [0, 0.1) is 10.1 Å². The van der Waals surface area contributed by atoms with E-state index < -0.39 is 0 Å². The Morgan fingerprint density at radius 2 is 1.94 bits per heavy atom. The van der Waals surface area contributed by atoms with Crippen LogP contribution in [0.25, 0.3) is 0 Å². The van der Waals surface area contributed by atoms with Crippen molar-refractivity contribution in [3.8, 4) is 0 Å². The molecule has 1 fully saturated rings. The third-order valence-corrected chi connectivity index (χ3v) is 4.89. The summed E-state index contributed by atoms with van der Waals surface area (Å²) >= 11 is 0. The molecule has 0 aliphatic heterocycles. The van der Waals surface area contributed by atoms with E-state index in [1.54, 1.807) is 0 Å². The summed E-state index contributed by atoms with van der Waals surface area (Å²) in [6, 6.07) is 2.28. The largest absolute Gasteiger partial charge is 0.276 e. The molecule has 0 bridgehead atoms. The quantitative estimate of drug-likeness (QED) is 0.548. The van der Waals surface area contributed by atoms with Gasteiger partial charge in [0.1, 0.15) is 0 Å². The molecular weight excluding hydrogens is 214 g/mol. The van der Waals surface area contributed by atoms with Crippen LogP contribution >= 0.6 is 0 Å². The molecule has 3 aliphatic carbocycles. The fourth-order valence-corrected chi connectivity index (χ4v) is 3.92. The highest BCUT2D eigenvalue weighted by atomic mass is 16.6. The lowest BCUT2D eigenvalue weighted by Gasteiger charge is -2.12. The van der Waals surface area contributed by atoms with Crippen LogP contribution in [-0.2, 0) is 24.7 Å².